The number of carbonyl (C=O) groups excluding carboxylic acids is 1. The van der Waals surface area contributed by atoms with Gasteiger partial charge in [-0.15, -0.1) is 0 Å². The van der Waals surface area contributed by atoms with Crippen molar-refractivity contribution in [3.63, 3.8) is 0 Å². The number of allylic oxidation sites excluding steroid dienone is 2. The van der Waals surface area contributed by atoms with Crippen molar-refractivity contribution in [2.24, 2.45) is 0 Å². The molecule has 0 amide bonds. The summed E-state index contributed by atoms with van der Waals surface area (Å²) in [6.45, 7) is 4.17. The lowest BCUT2D eigenvalue weighted by atomic mass is 9.95. The molecule has 0 aromatic heterocycles. The van der Waals surface area contributed by atoms with E-state index in [1.165, 1.54) is 11.1 Å². The summed E-state index contributed by atoms with van der Waals surface area (Å²) in [7, 11) is 0. The third kappa shape index (κ3) is 3.11. The summed E-state index contributed by atoms with van der Waals surface area (Å²) >= 11 is 0. The third-order valence-corrected chi connectivity index (χ3v) is 3.90. The van der Waals surface area contributed by atoms with E-state index in [4.69, 9.17) is 4.74 Å². The van der Waals surface area contributed by atoms with Crippen molar-refractivity contribution < 1.29 is 9.53 Å². The molecule has 0 aliphatic carbocycles. The van der Waals surface area contributed by atoms with Crippen molar-refractivity contribution >= 4 is 5.78 Å². The fraction of sp³-hybridized carbons (Fsp3) is 0.250. The smallest absolute Gasteiger partial charge is 0.170 e. The van der Waals surface area contributed by atoms with Crippen LogP contribution in [0.4, 0.5) is 0 Å². The topological polar surface area (TPSA) is 26.3 Å². The molecule has 1 atom stereocenters. The van der Waals surface area contributed by atoms with Gasteiger partial charge in [0.25, 0.3) is 0 Å². The number of rotatable bonds is 3. The molecule has 112 valence electrons. The van der Waals surface area contributed by atoms with Crippen LogP contribution in [-0.2, 0) is 6.42 Å². The molecule has 3 rings (SSSR count). The van der Waals surface area contributed by atoms with Gasteiger partial charge in [0.2, 0.25) is 0 Å². The van der Waals surface area contributed by atoms with Gasteiger partial charge in [0.1, 0.15) is 11.9 Å². The van der Waals surface area contributed by atoms with Crippen molar-refractivity contribution in [1.82, 2.24) is 0 Å². The summed E-state index contributed by atoms with van der Waals surface area (Å²) in [4.78, 5) is 12.4. The van der Waals surface area contributed by atoms with Gasteiger partial charge in [0, 0.05) is 0 Å². The normalized spacial score (nSPS) is 16.6. The van der Waals surface area contributed by atoms with Crippen LogP contribution in [0.15, 0.2) is 60.2 Å². The van der Waals surface area contributed by atoms with Gasteiger partial charge in [0.05, 0.1) is 12.0 Å². The van der Waals surface area contributed by atoms with Gasteiger partial charge in [-0.3, -0.25) is 4.79 Å². The molecule has 0 fully saturated rings. The van der Waals surface area contributed by atoms with Crippen LogP contribution in [0.3, 0.4) is 0 Å². The number of Topliss-reactive ketones (excluding diaryl/α,β-unsaturated/α-hetero) is 1. The molecule has 0 saturated heterocycles. The van der Waals surface area contributed by atoms with Crippen molar-refractivity contribution in [2.75, 3.05) is 0 Å². The Bertz CT molecular complexity index is 710. The summed E-state index contributed by atoms with van der Waals surface area (Å²) in [6.07, 6.45) is 3.27. The van der Waals surface area contributed by atoms with Crippen LogP contribution in [0.25, 0.3) is 0 Å². The third-order valence-electron chi connectivity index (χ3n) is 3.90. The number of ketones is 1. The van der Waals surface area contributed by atoms with E-state index in [0.29, 0.717) is 17.7 Å². The van der Waals surface area contributed by atoms with E-state index in [2.05, 4.69) is 19.9 Å². The van der Waals surface area contributed by atoms with Crippen LogP contribution in [-0.4, -0.2) is 5.78 Å². The van der Waals surface area contributed by atoms with E-state index in [-0.39, 0.29) is 11.9 Å². The average molecular weight is 292 g/mol. The standard InChI is InChI=1S/C20H20O2/c1-14(2)8-9-15-10-11-17-18(21)13-19(22-20(17)12-15)16-6-4-3-5-7-16/h3-8,10-12,19H,9,13H2,1-2H3/t19-/m1/s1. The molecule has 22 heavy (non-hydrogen) atoms. The number of hydrogen-bond acceptors (Lipinski definition) is 2. The number of ether oxygens (including phenoxy) is 1. The first-order valence-corrected chi connectivity index (χ1v) is 7.64. The van der Waals surface area contributed by atoms with Crippen molar-refractivity contribution in [1.29, 1.82) is 0 Å². The van der Waals surface area contributed by atoms with Crippen LogP contribution in [0.2, 0.25) is 0 Å². The highest BCUT2D eigenvalue weighted by Gasteiger charge is 2.27. The lowest BCUT2D eigenvalue weighted by molar-refractivity contribution is 0.0850. The largest absolute Gasteiger partial charge is 0.484 e. The van der Waals surface area contributed by atoms with E-state index < -0.39 is 0 Å². The maximum Gasteiger partial charge on any atom is 0.170 e. The maximum atomic E-state index is 12.4. The Balaban J connectivity index is 1.89. The minimum atomic E-state index is -0.181. The van der Waals surface area contributed by atoms with E-state index in [9.17, 15) is 4.79 Å². The highest BCUT2D eigenvalue weighted by Crippen LogP contribution is 2.35. The Morgan fingerprint density at radius 2 is 1.95 bits per heavy atom. The Labute approximate surface area is 131 Å². The molecule has 0 saturated carbocycles. The van der Waals surface area contributed by atoms with E-state index in [1.54, 1.807) is 0 Å². The molecule has 1 aliphatic heterocycles. The van der Waals surface area contributed by atoms with Crippen LogP contribution in [0, 0.1) is 0 Å². The summed E-state index contributed by atoms with van der Waals surface area (Å²) in [5.74, 6) is 0.869. The van der Waals surface area contributed by atoms with E-state index in [0.717, 1.165) is 12.0 Å². The van der Waals surface area contributed by atoms with Gasteiger partial charge in [-0.05, 0) is 43.5 Å². The van der Waals surface area contributed by atoms with E-state index in [1.807, 2.05) is 48.5 Å². The van der Waals surface area contributed by atoms with Crippen LogP contribution in [0.5, 0.6) is 5.75 Å². The highest BCUT2D eigenvalue weighted by molar-refractivity contribution is 6.00. The van der Waals surface area contributed by atoms with Gasteiger partial charge in [-0.2, -0.15) is 0 Å². The Hall–Kier alpha value is -2.35. The number of hydrogen-bond donors (Lipinski definition) is 0. The Kier molecular flexibility index (Phi) is 4.10. The SMILES string of the molecule is CC(C)=CCc1ccc2c(c1)O[C@@H](c1ccccc1)CC2=O. The molecular formula is C20H20O2. The molecule has 1 heterocycles. The first-order valence-electron chi connectivity index (χ1n) is 7.64. The van der Waals surface area contributed by atoms with Gasteiger partial charge in [-0.1, -0.05) is 48.0 Å². The van der Waals surface area contributed by atoms with Crippen LogP contribution >= 0.6 is 0 Å². The monoisotopic (exact) mass is 292 g/mol. The number of benzene rings is 2. The van der Waals surface area contributed by atoms with Crippen molar-refractivity contribution in [3.05, 3.63) is 76.9 Å². The molecule has 0 N–H and O–H groups in total. The second-order valence-electron chi connectivity index (χ2n) is 5.96. The van der Waals surface area contributed by atoms with Gasteiger partial charge in [0.15, 0.2) is 5.78 Å². The maximum absolute atomic E-state index is 12.4. The average Bonchev–Trinajstić information content (AvgIpc) is 2.53. The molecule has 0 radical (unpaired) electrons. The molecular weight excluding hydrogens is 272 g/mol. The molecule has 2 heteroatoms. The minimum absolute atomic E-state index is 0.156. The molecule has 0 unspecified atom stereocenters. The van der Waals surface area contributed by atoms with Crippen molar-refractivity contribution in [3.8, 4) is 5.75 Å². The highest BCUT2D eigenvalue weighted by atomic mass is 16.5. The first-order chi connectivity index (χ1) is 10.6. The van der Waals surface area contributed by atoms with E-state index >= 15 is 0 Å². The lowest BCUT2D eigenvalue weighted by Crippen LogP contribution is -2.20. The molecule has 0 spiro atoms. The molecule has 2 aromatic rings. The van der Waals surface area contributed by atoms with Gasteiger partial charge < -0.3 is 4.74 Å². The predicted molar refractivity (Wildman–Crippen MR) is 88.3 cm³/mol. The number of carbonyl (C=O) groups is 1. The summed E-state index contributed by atoms with van der Waals surface area (Å²) < 4.78 is 6.09. The Morgan fingerprint density at radius 1 is 1.18 bits per heavy atom. The van der Waals surface area contributed by atoms with Crippen LogP contribution < -0.4 is 4.74 Å². The summed E-state index contributed by atoms with van der Waals surface area (Å²) in [6, 6.07) is 15.9. The molecule has 0 bridgehead atoms. The second-order valence-corrected chi connectivity index (χ2v) is 5.96. The molecule has 2 aromatic carbocycles. The second kappa shape index (κ2) is 6.18. The number of fused-ring (bicyclic) bond motifs is 1. The fourth-order valence-corrected chi connectivity index (χ4v) is 2.67. The zero-order valence-electron chi connectivity index (χ0n) is 13.0. The molecule has 1 aliphatic rings. The quantitative estimate of drug-likeness (QED) is 0.752. The summed E-state index contributed by atoms with van der Waals surface area (Å²) in [5, 5.41) is 0. The zero-order valence-corrected chi connectivity index (χ0v) is 13.0. The van der Waals surface area contributed by atoms with Crippen LogP contribution in [0.1, 0.15) is 47.9 Å². The summed E-state index contributed by atoms with van der Waals surface area (Å²) in [5.41, 5.74) is 4.21. The Morgan fingerprint density at radius 3 is 2.68 bits per heavy atom. The predicted octanol–water partition coefficient (Wildman–Crippen LogP) is 4.90. The fourth-order valence-electron chi connectivity index (χ4n) is 2.67. The van der Waals surface area contributed by atoms with Gasteiger partial charge >= 0.3 is 0 Å². The van der Waals surface area contributed by atoms with Gasteiger partial charge in [-0.25, -0.2) is 0 Å². The zero-order chi connectivity index (χ0) is 15.5. The minimum Gasteiger partial charge on any atom is -0.484 e. The lowest BCUT2D eigenvalue weighted by Gasteiger charge is -2.26. The first kappa shape index (κ1) is 14.6. The van der Waals surface area contributed by atoms with Crippen molar-refractivity contribution in [2.45, 2.75) is 32.8 Å². The molecule has 2 nitrogen and oxygen atoms in total.